The van der Waals surface area contributed by atoms with E-state index in [1.54, 1.807) is 22.7 Å². The second kappa shape index (κ2) is 6.83. The number of nitrogens with one attached hydrogen (secondary N) is 1. The Morgan fingerprint density at radius 1 is 1.24 bits per heavy atom. The predicted octanol–water partition coefficient (Wildman–Crippen LogP) is 2.73. The van der Waals surface area contributed by atoms with Gasteiger partial charge < -0.3 is 5.32 Å². The first-order chi connectivity index (χ1) is 8.38. The van der Waals surface area contributed by atoms with Gasteiger partial charge in [0, 0.05) is 24.3 Å². The molecular weight excluding hydrogens is 250 g/mol. The average molecular weight is 267 g/mol. The van der Waals surface area contributed by atoms with Crippen LogP contribution in [0.5, 0.6) is 0 Å². The minimum Gasteiger partial charge on any atom is -0.316 e. The molecule has 5 heteroatoms. The van der Waals surface area contributed by atoms with Crippen molar-refractivity contribution < 1.29 is 0 Å². The van der Waals surface area contributed by atoms with Gasteiger partial charge in [-0.3, -0.25) is 0 Å². The Morgan fingerprint density at radius 2 is 2.12 bits per heavy atom. The van der Waals surface area contributed by atoms with Gasteiger partial charge in [0.1, 0.15) is 10.0 Å². The fourth-order valence-corrected chi connectivity index (χ4v) is 3.19. The Balaban J connectivity index is 1.79. The molecule has 0 amide bonds. The molecule has 0 aliphatic heterocycles. The molecule has 2 rings (SSSR count). The van der Waals surface area contributed by atoms with Crippen LogP contribution >= 0.6 is 22.7 Å². The first kappa shape index (κ1) is 12.7. The number of hydrogen-bond acceptors (Lipinski definition) is 5. The van der Waals surface area contributed by atoms with Crippen LogP contribution in [0.2, 0.25) is 0 Å². The van der Waals surface area contributed by atoms with Crippen LogP contribution in [0.15, 0.2) is 17.5 Å². The van der Waals surface area contributed by atoms with E-state index in [2.05, 4.69) is 40.0 Å². The molecule has 0 spiro atoms. The number of thiophene rings is 1. The Hall–Kier alpha value is -0.780. The summed E-state index contributed by atoms with van der Waals surface area (Å²) in [7, 11) is 0. The van der Waals surface area contributed by atoms with Gasteiger partial charge in [-0.15, -0.1) is 32.9 Å². The van der Waals surface area contributed by atoms with Crippen LogP contribution in [0.1, 0.15) is 28.2 Å². The first-order valence-electron chi connectivity index (χ1n) is 5.93. The fraction of sp³-hybridized carbons (Fsp3) is 0.500. The lowest BCUT2D eigenvalue weighted by Gasteiger charge is -1.98. The summed E-state index contributed by atoms with van der Waals surface area (Å²) in [5, 5.41) is 16.2. The highest BCUT2D eigenvalue weighted by Crippen LogP contribution is 2.18. The highest BCUT2D eigenvalue weighted by molar-refractivity contribution is 7.12. The van der Waals surface area contributed by atoms with E-state index in [9.17, 15) is 0 Å². The lowest BCUT2D eigenvalue weighted by atomic mass is 10.4. The van der Waals surface area contributed by atoms with Crippen LogP contribution in [0, 0.1) is 0 Å². The molecule has 2 aromatic rings. The molecule has 0 saturated heterocycles. The number of hydrogen-bond donors (Lipinski definition) is 1. The SMILES string of the molecule is CCCNCCc1nnc(Cc2cccs2)s1. The van der Waals surface area contributed by atoms with E-state index in [4.69, 9.17) is 0 Å². The summed E-state index contributed by atoms with van der Waals surface area (Å²) in [6.45, 7) is 4.26. The van der Waals surface area contributed by atoms with Crippen molar-refractivity contribution in [3.63, 3.8) is 0 Å². The molecule has 0 unspecified atom stereocenters. The van der Waals surface area contributed by atoms with Gasteiger partial charge in [0.2, 0.25) is 0 Å². The molecule has 0 fully saturated rings. The average Bonchev–Trinajstić information content (AvgIpc) is 2.97. The molecule has 2 heterocycles. The largest absolute Gasteiger partial charge is 0.316 e. The monoisotopic (exact) mass is 267 g/mol. The zero-order chi connectivity index (χ0) is 11.9. The highest BCUT2D eigenvalue weighted by atomic mass is 32.1. The van der Waals surface area contributed by atoms with Gasteiger partial charge in [-0.2, -0.15) is 0 Å². The molecule has 0 aliphatic rings. The first-order valence-corrected chi connectivity index (χ1v) is 7.62. The Bertz CT molecular complexity index is 423. The highest BCUT2D eigenvalue weighted by Gasteiger charge is 2.05. The van der Waals surface area contributed by atoms with E-state index in [0.29, 0.717) is 0 Å². The van der Waals surface area contributed by atoms with E-state index in [1.807, 2.05) is 0 Å². The van der Waals surface area contributed by atoms with Gasteiger partial charge >= 0.3 is 0 Å². The zero-order valence-electron chi connectivity index (χ0n) is 9.98. The van der Waals surface area contributed by atoms with Gasteiger partial charge in [-0.1, -0.05) is 13.0 Å². The van der Waals surface area contributed by atoms with Crippen LogP contribution in [-0.2, 0) is 12.8 Å². The van der Waals surface area contributed by atoms with Crippen molar-refractivity contribution in [1.29, 1.82) is 0 Å². The smallest absolute Gasteiger partial charge is 0.122 e. The van der Waals surface area contributed by atoms with E-state index in [0.717, 1.165) is 35.9 Å². The quantitative estimate of drug-likeness (QED) is 0.784. The topological polar surface area (TPSA) is 37.8 Å². The Morgan fingerprint density at radius 3 is 2.88 bits per heavy atom. The van der Waals surface area contributed by atoms with E-state index in [-0.39, 0.29) is 0 Å². The number of rotatable bonds is 7. The van der Waals surface area contributed by atoms with E-state index >= 15 is 0 Å². The second-order valence-electron chi connectivity index (χ2n) is 3.85. The minimum atomic E-state index is 0.928. The van der Waals surface area contributed by atoms with E-state index in [1.165, 1.54) is 11.3 Å². The molecule has 0 bridgehead atoms. The summed E-state index contributed by atoms with van der Waals surface area (Å²) in [4.78, 5) is 1.36. The molecule has 0 atom stereocenters. The van der Waals surface area contributed by atoms with Crippen LogP contribution in [-0.4, -0.2) is 23.3 Å². The van der Waals surface area contributed by atoms with Crippen molar-refractivity contribution in [3.8, 4) is 0 Å². The van der Waals surface area contributed by atoms with Gasteiger partial charge in [0.05, 0.1) is 0 Å². The summed E-state index contributed by atoms with van der Waals surface area (Å²) in [6, 6.07) is 4.23. The number of nitrogens with zero attached hydrogens (tertiary/aromatic N) is 2. The van der Waals surface area contributed by atoms with Crippen LogP contribution in [0.25, 0.3) is 0 Å². The molecule has 0 radical (unpaired) electrons. The van der Waals surface area contributed by atoms with Gasteiger partial charge in [0.15, 0.2) is 0 Å². The number of aromatic nitrogens is 2. The predicted molar refractivity (Wildman–Crippen MR) is 73.9 cm³/mol. The molecule has 3 nitrogen and oxygen atoms in total. The molecule has 0 aliphatic carbocycles. The molecule has 0 aromatic carbocycles. The van der Waals surface area contributed by atoms with Crippen molar-refractivity contribution in [3.05, 3.63) is 32.4 Å². The second-order valence-corrected chi connectivity index (χ2v) is 6.02. The lowest BCUT2D eigenvalue weighted by Crippen LogP contribution is -2.17. The third kappa shape index (κ3) is 4.18. The summed E-state index contributed by atoms with van der Waals surface area (Å²) < 4.78 is 0. The summed E-state index contributed by atoms with van der Waals surface area (Å²) >= 11 is 3.51. The van der Waals surface area contributed by atoms with Gasteiger partial charge in [0.25, 0.3) is 0 Å². The molecule has 1 N–H and O–H groups in total. The zero-order valence-corrected chi connectivity index (χ0v) is 11.6. The van der Waals surface area contributed by atoms with Crippen LogP contribution in [0.3, 0.4) is 0 Å². The van der Waals surface area contributed by atoms with E-state index < -0.39 is 0 Å². The third-order valence-corrected chi connectivity index (χ3v) is 4.22. The normalized spacial score (nSPS) is 10.9. The standard InChI is InChI=1S/C12H17N3S2/c1-2-6-13-7-5-11-14-15-12(17-11)9-10-4-3-8-16-10/h3-4,8,13H,2,5-7,9H2,1H3. The molecule has 2 aromatic heterocycles. The van der Waals surface area contributed by atoms with Crippen molar-refractivity contribution in [2.75, 3.05) is 13.1 Å². The molecule has 0 saturated carbocycles. The summed E-state index contributed by atoms with van der Waals surface area (Å²) in [5.41, 5.74) is 0. The van der Waals surface area contributed by atoms with Crippen molar-refractivity contribution in [2.45, 2.75) is 26.2 Å². The lowest BCUT2D eigenvalue weighted by molar-refractivity contribution is 0.667. The van der Waals surface area contributed by atoms with Crippen molar-refractivity contribution in [2.24, 2.45) is 0 Å². The minimum absolute atomic E-state index is 0.928. The fourth-order valence-electron chi connectivity index (χ4n) is 1.52. The molecule has 17 heavy (non-hydrogen) atoms. The molecular formula is C12H17N3S2. The summed E-state index contributed by atoms with van der Waals surface area (Å²) in [6.07, 6.45) is 3.10. The Labute approximate surface area is 110 Å². The maximum absolute atomic E-state index is 4.24. The van der Waals surface area contributed by atoms with Crippen LogP contribution in [0.4, 0.5) is 0 Å². The molecule has 92 valence electrons. The maximum atomic E-state index is 4.24. The van der Waals surface area contributed by atoms with Gasteiger partial charge in [-0.25, -0.2) is 0 Å². The van der Waals surface area contributed by atoms with Crippen molar-refractivity contribution >= 4 is 22.7 Å². The summed E-state index contributed by atoms with van der Waals surface area (Å²) in [5.74, 6) is 0. The van der Waals surface area contributed by atoms with Gasteiger partial charge in [-0.05, 0) is 24.4 Å². The third-order valence-electron chi connectivity index (χ3n) is 2.36. The van der Waals surface area contributed by atoms with Crippen molar-refractivity contribution in [1.82, 2.24) is 15.5 Å². The Kier molecular flexibility index (Phi) is 5.09. The van der Waals surface area contributed by atoms with Crippen LogP contribution < -0.4 is 5.32 Å². The maximum Gasteiger partial charge on any atom is 0.122 e.